The van der Waals surface area contributed by atoms with Gasteiger partial charge >= 0.3 is 0 Å². The number of hydrogen-bond donors (Lipinski definition) is 1. The number of amides is 1. The van der Waals surface area contributed by atoms with Gasteiger partial charge in [0, 0.05) is 18.6 Å². The molecule has 1 aromatic rings. The second-order valence-corrected chi connectivity index (χ2v) is 4.74. The largest absolute Gasteiger partial charge is 0.383 e. The van der Waals surface area contributed by atoms with Gasteiger partial charge in [0.2, 0.25) is 5.91 Å². The Balaban J connectivity index is 2.46. The summed E-state index contributed by atoms with van der Waals surface area (Å²) in [7, 11) is 0.00281. The van der Waals surface area contributed by atoms with Gasteiger partial charge in [-0.25, -0.2) is 4.39 Å². The lowest BCUT2D eigenvalue weighted by atomic mass is 10.4. The predicted octanol–water partition coefficient (Wildman–Crippen LogP) is 0.696. The molecule has 6 heteroatoms. The van der Waals surface area contributed by atoms with E-state index in [1.807, 2.05) is 0 Å². The fourth-order valence-corrected chi connectivity index (χ4v) is 2.14. The molecular formula is C11H14FNO3S. The molecule has 94 valence electrons. The number of methoxy groups -OCH3 is 1. The van der Waals surface area contributed by atoms with E-state index in [0.29, 0.717) is 18.0 Å². The number of carbonyl (C=O) groups is 1. The second-order valence-electron chi connectivity index (χ2n) is 3.29. The molecule has 0 spiro atoms. The maximum atomic E-state index is 12.9. The highest BCUT2D eigenvalue weighted by molar-refractivity contribution is 7.85. The topological polar surface area (TPSA) is 55.4 Å². The molecule has 0 fully saturated rings. The minimum absolute atomic E-state index is 0.173. The van der Waals surface area contributed by atoms with Crippen molar-refractivity contribution in [2.75, 3.05) is 26.0 Å². The van der Waals surface area contributed by atoms with Gasteiger partial charge in [-0.15, -0.1) is 0 Å². The summed E-state index contributed by atoms with van der Waals surface area (Å²) >= 11 is 0. The third-order valence-electron chi connectivity index (χ3n) is 1.95. The highest BCUT2D eigenvalue weighted by Crippen LogP contribution is 2.08. The van der Waals surface area contributed by atoms with Crippen LogP contribution < -0.4 is 5.32 Å². The molecule has 17 heavy (non-hydrogen) atoms. The first-order valence-corrected chi connectivity index (χ1v) is 6.35. The maximum Gasteiger partial charge on any atom is 0.233 e. The third-order valence-corrected chi connectivity index (χ3v) is 3.25. The molecular weight excluding hydrogens is 245 g/mol. The molecule has 0 saturated heterocycles. The molecule has 0 aliphatic heterocycles. The molecule has 0 saturated carbocycles. The van der Waals surface area contributed by atoms with E-state index in [-0.39, 0.29) is 11.7 Å². The Kier molecular flexibility index (Phi) is 5.79. The first-order chi connectivity index (χ1) is 8.13. The van der Waals surface area contributed by atoms with Crippen molar-refractivity contribution in [1.82, 2.24) is 5.32 Å². The summed E-state index contributed by atoms with van der Waals surface area (Å²) < 4.78 is 29.3. The Bertz CT molecular complexity index is 411. The lowest BCUT2D eigenvalue weighted by molar-refractivity contribution is -0.118. The molecule has 4 nitrogen and oxygen atoms in total. The summed E-state index contributed by atoms with van der Waals surface area (Å²) in [4.78, 5) is 11.6. The van der Waals surface area contributed by atoms with Crippen molar-refractivity contribution in [2.24, 2.45) is 0 Å². The van der Waals surface area contributed by atoms with E-state index in [9.17, 15) is 13.4 Å². The summed E-state index contributed by atoms with van der Waals surface area (Å²) in [6, 6.07) is 5.42. The van der Waals surface area contributed by atoms with Crippen LogP contribution in [0, 0.1) is 5.82 Å². The number of benzene rings is 1. The Morgan fingerprint density at radius 1 is 1.53 bits per heavy atom. The van der Waals surface area contributed by atoms with Gasteiger partial charge < -0.3 is 10.1 Å². The minimum Gasteiger partial charge on any atom is -0.383 e. The lowest BCUT2D eigenvalue weighted by Crippen LogP contribution is -2.31. The van der Waals surface area contributed by atoms with Crippen LogP contribution in [-0.2, 0) is 20.3 Å². The van der Waals surface area contributed by atoms with Gasteiger partial charge in [0.25, 0.3) is 0 Å². The lowest BCUT2D eigenvalue weighted by Gasteiger charge is -2.04. The van der Waals surface area contributed by atoms with E-state index in [2.05, 4.69) is 5.32 Å². The number of rotatable bonds is 6. The fourth-order valence-electron chi connectivity index (χ4n) is 1.15. The smallest absolute Gasteiger partial charge is 0.233 e. The van der Waals surface area contributed by atoms with Crippen LogP contribution in [0.2, 0.25) is 0 Å². The van der Waals surface area contributed by atoms with Crippen LogP contribution in [0.3, 0.4) is 0 Å². The second kappa shape index (κ2) is 7.13. The minimum atomic E-state index is -1.52. The molecule has 0 aliphatic rings. The SMILES string of the molecule is COCCNC(=O)CS(=O)c1cccc(F)c1. The van der Waals surface area contributed by atoms with Crippen LogP contribution in [0.4, 0.5) is 4.39 Å². The van der Waals surface area contributed by atoms with Crippen molar-refractivity contribution in [3.8, 4) is 0 Å². The van der Waals surface area contributed by atoms with Crippen LogP contribution in [-0.4, -0.2) is 36.1 Å². The molecule has 0 radical (unpaired) electrons. The van der Waals surface area contributed by atoms with Crippen molar-refractivity contribution in [1.29, 1.82) is 0 Å². The highest BCUT2D eigenvalue weighted by Gasteiger charge is 2.10. The molecule has 0 bridgehead atoms. The van der Waals surface area contributed by atoms with Crippen LogP contribution >= 0.6 is 0 Å². The molecule has 1 unspecified atom stereocenters. The Labute approximate surface area is 102 Å². The number of ether oxygens (including phenoxy) is 1. The van der Waals surface area contributed by atoms with Crippen LogP contribution in [0.1, 0.15) is 0 Å². The average molecular weight is 259 g/mol. The van der Waals surface area contributed by atoms with Crippen LogP contribution in [0.5, 0.6) is 0 Å². The summed E-state index contributed by atoms with van der Waals surface area (Å²) in [5, 5.41) is 2.55. The number of hydrogen-bond acceptors (Lipinski definition) is 3. The molecule has 1 amide bonds. The fraction of sp³-hybridized carbons (Fsp3) is 0.364. The summed E-state index contributed by atoms with van der Waals surface area (Å²) in [5.74, 6) is -0.979. The van der Waals surface area contributed by atoms with Crippen molar-refractivity contribution >= 4 is 16.7 Å². The molecule has 0 aromatic heterocycles. The molecule has 0 heterocycles. The Morgan fingerprint density at radius 3 is 2.94 bits per heavy atom. The van der Waals surface area contributed by atoms with E-state index in [1.54, 1.807) is 0 Å². The van der Waals surface area contributed by atoms with Gasteiger partial charge in [-0.2, -0.15) is 0 Å². The summed E-state index contributed by atoms with van der Waals surface area (Å²) in [6.45, 7) is 0.772. The average Bonchev–Trinajstić information content (AvgIpc) is 2.29. The molecule has 1 aromatic carbocycles. The zero-order chi connectivity index (χ0) is 12.7. The first kappa shape index (κ1) is 13.8. The molecule has 1 atom stereocenters. The van der Waals surface area contributed by atoms with Crippen molar-refractivity contribution < 1.29 is 18.1 Å². The van der Waals surface area contributed by atoms with Gasteiger partial charge in [0.05, 0.1) is 17.4 Å². The number of nitrogens with one attached hydrogen (secondary N) is 1. The normalized spacial score (nSPS) is 12.1. The molecule has 1 rings (SSSR count). The zero-order valence-corrected chi connectivity index (χ0v) is 10.3. The zero-order valence-electron chi connectivity index (χ0n) is 9.44. The van der Waals surface area contributed by atoms with Crippen molar-refractivity contribution in [3.05, 3.63) is 30.1 Å². The maximum absolute atomic E-state index is 12.9. The van der Waals surface area contributed by atoms with E-state index in [1.165, 1.54) is 31.4 Å². The van der Waals surface area contributed by atoms with Gasteiger partial charge in [0.1, 0.15) is 11.6 Å². The monoisotopic (exact) mass is 259 g/mol. The third kappa shape index (κ3) is 5.06. The van der Waals surface area contributed by atoms with E-state index < -0.39 is 16.6 Å². The van der Waals surface area contributed by atoms with E-state index in [0.717, 1.165) is 0 Å². The van der Waals surface area contributed by atoms with Crippen LogP contribution in [0.25, 0.3) is 0 Å². The first-order valence-electron chi connectivity index (χ1n) is 5.03. The van der Waals surface area contributed by atoms with E-state index in [4.69, 9.17) is 4.74 Å². The highest BCUT2D eigenvalue weighted by atomic mass is 32.2. The van der Waals surface area contributed by atoms with Crippen molar-refractivity contribution in [2.45, 2.75) is 4.90 Å². The quantitative estimate of drug-likeness (QED) is 0.765. The standard InChI is InChI=1S/C11H14FNO3S/c1-16-6-5-13-11(14)8-17(15)10-4-2-3-9(12)7-10/h2-4,7H,5-6,8H2,1H3,(H,13,14). The van der Waals surface area contributed by atoms with Gasteiger partial charge in [-0.3, -0.25) is 9.00 Å². The molecule has 0 aliphatic carbocycles. The number of carbonyl (C=O) groups excluding carboxylic acids is 1. The Morgan fingerprint density at radius 2 is 2.29 bits per heavy atom. The molecule has 1 N–H and O–H groups in total. The Hall–Kier alpha value is -1.27. The van der Waals surface area contributed by atoms with E-state index >= 15 is 0 Å². The summed E-state index contributed by atoms with van der Waals surface area (Å²) in [6.07, 6.45) is 0. The summed E-state index contributed by atoms with van der Waals surface area (Å²) in [5.41, 5.74) is 0. The predicted molar refractivity (Wildman–Crippen MR) is 62.6 cm³/mol. The van der Waals surface area contributed by atoms with Gasteiger partial charge in [0.15, 0.2) is 0 Å². The van der Waals surface area contributed by atoms with Gasteiger partial charge in [-0.1, -0.05) is 6.07 Å². The number of halogens is 1. The van der Waals surface area contributed by atoms with Gasteiger partial charge in [-0.05, 0) is 18.2 Å². The van der Waals surface area contributed by atoms with Crippen molar-refractivity contribution in [3.63, 3.8) is 0 Å². The van der Waals surface area contributed by atoms with Crippen LogP contribution in [0.15, 0.2) is 29.2 Å².